The van der Waals surface area contributed by atoms with E-state index in [0.717, 1.165) is 11.6 Å². The number of nitrogen functional groups attached to an aromatic ring is 1. The molecule has 0 radical (unpaired) electrons. The van der Waals surface area contributed by atoms with Crippen LogP contribution in [0, 0.1) is 17.3 Å². The summed E-state index contributed by atoms with van der Waals surface area (Å²) in [6, 6.07) is 0. The molecule has 3 heteroatoms. The number of anilines is 1. The molecule has 2 bridgehead atoms. The van der Waals surface area contributed by atoms with Crippen molar-refractivity contribution in [3.05, 3.63) is 17.2 Å². The second kappa shape index (κ2) is 2.85. The Morgan fingerprint density at radius 2 is 2.33 bits per heavy atom. The minimum absolute atomic E-state index is 0.475. The van der Waals surface area contributed by atoms with E-state index in [4.69, 9.17) is 5.73 Å². The lowest BCUT2D eigenvalue weighted by atomic mass is 9.48. The fraction of sp³-hybridized carbons (Fsp3) is 0.583. The Balaban J connectivity index is 1.98. The van der Waals surface area contributed by atoms with E-state index in [9.17, 15) is 0 Å². The molecule has 1 saturated carbocycles. The van der Waals surface area contributed by atoms with Gasteiger partial charge >= 0.3 is 0 Å². The third kappa shape index (κ3) is 1.19. The Bertz CT molecular complexity index is 431. The van der Waals surface area contributed by atoms with Gasteiger partial charge in [-0.15, -0.1) is 11.3 Å². The van der Waals surface area contributed by atoms with E-state index in [-0.39, 0.29) is 0 Å². The standard InChI is InChI=1S/C12H16N2S/c1-12(2)7-3-4-8(9(12)5-7)10-6-15-11(13)14-10/h4,6-7,9H,3,5H2,1-2H3,(H2,13,14). The van der Waals surface area contributed by atoms with E-state index < -0.39 is 0 Å². The fourth-order valence-electron chi connectivity index (χ4n) is 3.06. The highest BCUT2D eigenvalue weighted by molar-refractivity contribution is 7.13. The molecule has 2 nitrogen and oxygen atoms in total. The summed E-state index contributed by atoms with van der Waals surface area (Å²) >= 11 is 1.54. The molecule has 1 aromatic rings. The Kier molecular flexibility index (Phi) is 1.78. The van der Waals surface area contributed by atoms with Crippen molar-refractivity contribution < 1.29 is 0 Å². The van der Waals surface area contributed by atoms with E-state index in [2.05, 4.69) is 30.3 Å². The lowest BCUT2D eigenvalue weighted by Gasteiger charge is -2.56. The summed E-state index contributed by atoms with van der Waals surface area (Å²) in [7, 11) is 0. The van der Waals surface area contributed by atoms with Gasteiger partial charge in [-0.05, 0) is 35.7 Å². The van der Waals surface area contributed by atoms with Crippen LogP contribution in [-0.4, -0.2) is 4.98 Å². The van der Waals surface area contributed by atoms with Crippen LogP contribution < -0.4 is 5.73 Å². The number of hydrogen-bond donors (Lipinski definition) is 1. The molecule has 1 heterocycles. The number of aromatic nitrogens is 1. The molecule has 3 aliphatic rings. The van der Waals surface area contributed by atoms with Crippen molar-refractivity contribution in [2.24, 2.45) is 17.3 Å². The smallest absolute Gasteiger partial charge is 0.180 e. The summed E-state index contributed by atoms with van der Waals surface area (Å²) in [5, 5.41) is 2.78. The molecule has 0 aliphatic heterocycles. The van der Waals surface area contributed by atoms with Crippen molar-refractivity contribution in [1.82, 2.24) is 4.98 Å². The van der Waals surface area contributed by atoms with Gasteiger partial charge in [0.2, 0.25) is 0 Å². The quantitative estimate of drug-likeness (QED) is 0.789. The monoisotopic (exact) mass is 220 g/mol. The molecule has 2 N–H and O–H groups in total. The molecular weight excluding hydrogens is 204 g/mol. The van der Waals surface area contributed by atoms with Crippen molar-refractivity contribution in [3.63, 3.8) is 0 Å². The molecule has 0 aromatic carbocycles. The molecule has 0 spiro atoms. The largest absolute Gasteiger partial charge is 0.375 e. The molecule has 2 atom stereocenters. The van der Waals surface area contributed by atoms with Gasteiger partial charge in [0.15, 0.2) is 5.13 Å². The highest BCUT2D eigenvalue weighted by Crippen LogP contribution is 2.61. The van der Waals surface area contributed by atoms with Gasteiger partial charge < -0.3 is 5.73 Å². The fourth-order valence-corrected chi connectivity index (χ4v) is 3.63. The molecule has 0 amide bonds. The van der Waals surface area contributed by atoms with Crippen molar-refractivity contribution in [3.8, 4) is 0 Å². The number of nitrogens with zero attached hydrogens (tertiary/aromatic N) is 1. The van der Waals surface area contributed by atoms with Gasteiger partial charge in [0.1, 0.15) is 0 Å². The molecule has 0 saturated heterocycles. The zero-order valence-electron chi connectivity index (χ0n) is 9.16. The first kappa shape index (κ1) is 9.40. The van der Waals surface area contributed by atoms with Gasteiger partial charge in [0, 0.05) is 5.38 Å². The van der Waals surface area contributed by atoms with E-state index in [0.29, 0.717) is 16.5 Å². The van der Waals surface area contributed by atoms with Crippen LogP contribution in [0.15, 0.2) is 11.5 Å². The van der Waals surface area contributed by atoms with Crippen LogP contribution in [0.2, 0.25) is 0 Å². The topological polar surface area (TPSA) is 38.9 Å². The first-order valence-corrected chi connectivity index (χ1v) is 6.38. The Labute approximate surface area is 94.2 Å². The van der Waals surface area contributed by atoms with Gasteiger partial charge in [-0.1, -0.05) is 19.9 Å². The number of allylic oxidation sites excluding steroid dienone is 2. The summed E-state index contributed by atoms with van der Waals surface area (Å²) in [6.07, 6.45) is 4.94. The first-order chi connectivity index (χ1) is 7.09. The van der Waals surface area contributed by atoms with Crippen LogP contribution in [0.3, 0.4) is 0 Å². The Hall–Kier alpha value is -0.830. The average molecular weight is 220 g/mol. The normalized spacial score (nSPS) is 32.0. The maximum atomic E-state index is 5.69. The predicted molar refractivity (Wildman–Crippen MR) is 64.5 cm³/mol. The van der Waals surface area contributed by atoms with Crippen molar-refractivity contribution in [1.29, 1.82) is 0 Å². The summed E-state index contributed by atoms with van der Waals surface area (Å²) in [5.74, 6) is 1.60. The summed E-state index contributed by atoms with van der Waals surface area (Å²) in [4.78, 5) is 4.40. The minimum Gasteiger partial charge on any atom is -0.375 e. The van der Waals surface area contributed by atoms with Gasteiger partial charge in [-0.25, -0.2) is 4.98 Å². The second-order valence-electron chi connectivity index (χ2n) is 5.27. The number of fused-ring (bicyclic) bond motifs is 1. The highest BCUT2D eigenvalue weighted by atomic mass is 32.1. The SMILES string of the molecule is CC1(C)C2CC=C(c3csc(N)n3)C1C2. The van der Waals surface area contributed by atoms with Crippen LogP contribution in [-0.2, 0) is 0 Å². The predicted octanol–water partition coefficient (Wildman–Crippen LogP) is 3.17. The number of thiazole rings is 1. The molecule has 4 rings (SSSR count). The maximum absolute atomic E-state index is 5.69. The number of rotatable bonds is 1. The minimum atomic E-state index is 0.475. The van der Waals surface area contributed by atoms with Crippen LogP contribution in [0.4, 0.5) is 5.13 Å². The van der Waals surface area contributed by atoms with Crippen molar-refractivity contribution in [2.75, 3.05) is 5.73 Å². The van der Waals surface area contributed by atoms with Gasteiger partial charge in [0.25, 0.3) is 0 Å². The van der Waals surface area contributed by atoms with Gasteiger partial charge in [0.05, 0.1) is 5.69 Å². The second-order valence-corrected chi connectivity index (χ2v) is 6.16. The van der Waals surface area contributed by atoms with E-state index in [1.54, 1.807) is 11.3 Å². The van der Waals surface area contributed by atoms with Crippen LogP contribution in [0.5, 0.6) is 0 Å². The molecule has 15 heavy (non-hydrogen) atoms. The van der Waals surface area contributed by atoms with Crippen LogP contribution >= 0.6 is 11.3 Å². The molecule has 3 aliphatic carbocycles. The van der Waals surface area contributed by atoms with Crippen LogP contribution in [0.1, 0.15) is 32.4 Å². The first-order valence-electron chi connectivity index (χ1n) is 5.50. The lowest BCUT2D eigenvalue weighted by Crippen LogP contribution is -2.47. The molecule has 2 unspecified atom stereocenters. The van der Waals surface area contributed by atoms with Crippen molar-refractivity contribution in [2.45, 2.75) is 26.7 Å². The third-order valence-electron chi connectivity index (χ3n) is 4.29. The number of nitrogens with two attached hydrogens (primary N) is 1. The Morgan fingerprint density at radius 3 is 2.87 bits per heavy atom. The zero-order valence-corrected chi connectivity index (χ0v) is 9.97. The average Bonchev–Trinajstić information content (AvgIpc) is 2.64. The summed E-state index contributed by atoms with van der Waals surface area (Å²) in [5.41, 5.74) is 8.73. The number of hydrogen-bond acceptors (Lipinski definition) is 3. The summed E-state index contributed by atoms with van der Waals surface area (Å²) in [6.45, 7) is 4.77. The maximum Gasteiger partial charge on any atom is 0.180 e. The molecule has 1 fully saturated rings. The Morgan fingerprint density at radius 1 is 1.53 bits per heavy atom. The summed E-state index contributed by atoms with van der Waals surface area (Å²) < 4.78 is 0. The van der Waals surface area contributed by atoms with E-state index in [1.165, 1.54) is 18.4 Å². The third-order valence-corrected chi connectivity index (χ3v) is 4.96. The molecule has 80 valence electrons. The molecular formula is C12H16N2S. The molecule has 1 aromatic heterocycles. The van der Waals surface area contributed by atoms with Gasteiger partial charge in [-0.3, -0.25) is 0 Å². The van der Waals surface area contributed by atoms with Gasteiger partial charge in [-0.2, -0.15) is 0 Å². The van der Waals surface area contributed by atoms with Crippen molar-refractivity contribution >= 4 is 22.0 Å². The lowest BCUT2D eigenvalue weighted by molar-refractivity contribution is 0.0111. The zero-order chi connectivity index (χ0) is 10.6. The van der Waals surface area contributed by atoms with Crippen LogP contribution in [0.25, 0.3) is 5.57 Å². The highest BCUT2D eigenvalue weighted by Gasteiger charge is 2.51. The van der Waals surface area contributed by atoms with E-state index in [1.807, 2.05) is 0 Å². The van der Waals surface area contributed by atoms with E-state index >= 15 is 0 Å².